The molecule has 1 saturated carbocycles. The second kappa shape index (κ2) is 5.69. The highest BCUT2D eigenvalue weighted by molar-refractivity contribution is 5.38. The molecule has 0 saturated heterocycles. The average Bonchev–Trinajstić information content (AvgIpc) is 3.12. The third-order valence-electron chi connectivity index (χ3n) is 4.45. The van der Waals surface area contributed by atoms with E-state index in [9.17, 15) is 5.26 Å². The van der Waals surface area contributed by atoms with Crippen LogP contribution in [0.5, 0.6) is 5.75 Å². The number of benzene rings is 1. The molecule has 0 bridgehead atoms. The molecule has 3 heteroatoms. The van der Waals surface area contributed by atoms with Gasteiger partial charge in [-0.05, 0) is 69.2 Å². The summed E-state index contributed by atoms with van der Waals surface area (Å²) in [5.41, 5.74) is 2.41. The molecule has 3 nitrogen and oxygen atoms in total. The van der Waals surface area contributed by atoms with E-state index in [1.165, 1.54) is 43.2 Å². The Bertz CT molecular complexity index is 559. The molecule has 0 aromatic heterocycles. The summed E-state index contributed by atoms with van der Waals surface area (Å²) < 4.78 is 6.05. The molecule has 2 aliphatic rings. The van der Waals surface area contributed by atoms with Crippen LogP contribution in [0.1, 0.15) is 50.7 Å². The molecule has 0 spiro atoms. The van der Waals surface area contributed by atoms with E-state index in [4.69, 9.17) is 4.74 Å². The van der Waals surface area contributed by atoms with Crippen molar-refractivity contribution in [2.75, 3.05) is 0 Å². The number of fused-ring (bicyclic) bond motifs is 1. The Morgan fingerprint density at radius 3 is 2.86 bits per heavy atom. The van der Waals surface area contributed by atoms with Gasteiger partial charge in [-0.15, -0.1) is 0 Å². The van der Waals surface area contributed by atoms with Crippen LogP contribution in [0, 0.1) is 11.3 Å². The van der Waals surface area contributed by atoms with E-state index >= 15 is 0 Å². The van der Waals surface area contributed by atoms with Crippen LogP contribution in [0.25, 0.3) is 0 Å². The predicted octanol–water partition coefficient (Wildman–Crippen LogP) is 3.37. The molecule has 0 amide bonds. The summed E-state index contributed by atoms with van der Waals surface area (Å²) in [6.07, 6.45) is 6.74. The molecule has 1 aromatic rings. The summed E-state index contributed by atoms with van der Waals surface area (Å²) in [5, 5.41) is 12.9. The first-order chi connectivity index (χ1) is 10.1. The van der Waals surface area contributed by atoms with Crippen LogP contribution in [0.3, 0.4) is 0 Å². The topological polar surface area (TPSA) is 45.0 Å². The van der Waals surface area contributed by atoms with Crippen molar-refractivity contribution in [1.82, 2.24) is 5.32 Å². The number of nitrogens with zero attached hydrogens (tertiary/aromatic N) is 1. The highest BCUT2D eigenvalue weighted by Crippen LogP contribution is 2.28. The number of hydrogen-bond donors (Lipinski definition) is 1. The number of hydrogen-bond acceptors (Lipinski definition) is 3. The first kappa shape index (κ1) is 14.4. The van der Waals surface area contributed by atoms with Gasteiger partial charge in [0, 0.05) is 12.5 Å². The van der Waals surface area contributed by atoms with E-state index < -0.39 is 5.54 Å². The van der Waals surface area contributed by atoms with Gasteiger partial charge in [0.2, 0.25) is 0 Å². The molecule has 1 fully saturated rings. The Balaban J connectivity index is 1.60. The molecule has 112 valence electrons. The summed E-state index contributed by atoms with van der Waals surface area (Å²) in [4.78, 5) is 0. The molecule has 2 unspecified atom stereocenters. The molecule has 0 aliphatic heterocycles. The fourth-order valence-corrected chi connectivity index (χ4v) is 3.29. The van der Waals surface area contributed by atoms with Gasteiger partial charge in [-0.1, -0.05) is 6.07 Å². The van der Waals surface area contributed by atoms with Gasteiger partial charge in [-0.2, -0.15) is 5.26 Å². The van der Waals surface area contributed by atoms with E-state index in [1.54, 1.807) is 0 Å². The van der Waals surface area contributed by atoms with Crippen LogP contribution < -0.4 is 10.1 Å². The lowest BCUT2D eigenvalue weighted by Gasteiger charge is -2.27. The van der Waals surface area contributed by atoms with Crippen LogP contribution in [-0.4, -0.2) is 17.7 Å². The standard InChI is InChI=1S/C18H24N2O/c1-13(11-18(2,12-19)20-16-7-8-16)21-17-9-6-14-4-3-5-15(14)10-17/h6,9-10,13,16,20H,3-5,7-8,11H2,1-2H3. The lowest BCUT2D eigenvalue weighted by molar-refractivity contribution is 0.179. The summed E-state index contributed by atoms with van der Waals surface area (Å²) in [7, 11) is 0. The minimum atomic E-state index is -0.489. The van der Waals surface area contributed by atoms with Crippen LogP contribution >= 0.6 is 0 Å². The molecule has 2 atom stereocenters. The summed E-state index contributed by atoms with van der Waals surface area (Å²) in [6.45, 7) is 4.03. The van der Waals surface area contributed by atoms with Gasteiger partial charge >= 0.3 is 0 Å². The van der Waals surface area contributed by atoms with E-state index in [0.717, 1.165) is 5.75 Å². The van der Waals surface area contributed by atoms with Gasteiger partial charge in [0.25, 0.3) is 0 Å². The molecular formula is C18H24N2O. The van der Waals surface area contributed by atoms with Crippen LogP contribution in [0.2, 0.25) is 0 Å². The quantitative estimate of drug-likeness (QED) is 0.871. The lowest BCUT2D eigenvalue weighted by atomic mass is 9.96. The minimum Gasteiger partial charge on any atom is -0.491 e. The predicted molar refractivity (Wildman–Crippen MR) is 83.3 cm³/mol. The van der Waals surface area contributed by atoms with Gasteiger partial charge in [0.15, 0.2) is 0 Å². The van der Waals surface area contributed by atoms with Gasteiger partial charge < -0.3 is 4.74 Å². The third kappa shape index (κ3) is 3.57. The maximum atomic E-state index is 9.44. The number of nitrogens with one attached hydrogen (secondary N) is 1. The fourth-order valence-electron chi connectivity index (χ4n) is 3.29. The Kier molecular flexibility index (Phi) is 3.91. The Morgan fingerprint density at radius 2 is 2.14 bits per heavy atom. The van der Waals surface area contributed by atoms with Crippen molar-refractivity contribution in [2.45, 2.75) is 70.1 Å². The molecule has 0 radical (unpaired) electrons. The van der Waals surface area contributed by atoms with Gasteiger partial charge in [-0.3, -0.25) is 5.32 Å². The normalized spacial score (nSPS) is 21.2. The van der Waals surface area contributed by atoms with Crippen LogP contribution in [0.15, 0.2) is 18.2 Å². The number of aryl methyl sites for hydroxylation is 2. The van der Waals surface area contributed by atoms with Crippen molar-refractivity contribution < 1.29 is 4.74 Å². The second-order valence-corrected chi connectivity index (χ2v) is 6.78. The second-order valence-electron chi connectivity index (χ2n) is 6.78. The summed E-state index contributed by atoms with van der Waals surface area (Å²) in [5.74, 6) is 0.940. The molecule has 21 heavy (non-hydrogen) atoms. The van der Waals surface area contributed by atoms with Gasteiger partial charge in [-0.25, -0.2) is 0 Å². The first-order valence-electron chi connectivity index (χ1n) is 8.05. The molecule has 1 aromatic carbocycles. The number of rotatable bonds is 6. The van der Waals surface area contributed by atoms with Gasteiger partial charge in [0.05, 0.1) is 12.2 Å². The molecule has 2 aliphatic carbocycles. The molecule has 0 heterocycles. The largest absolute Gasteiger partial charge is 0.491 e. The maximum absolute atomic E-state index is 9.44. The van der Waals surface area contributed by atoms with E-state index in [0.29, 0.717) is 12.5 Å². The van der Waals surface area contributed by atoms with Crippen molar-refractivity contribution in [3.63, 3.8) is 0 Å². The summed E-state index contributed by atoms with van der Waals surface area (Å²) >= 11 is 0. The van der Waals surface area contributed by atoms with E-state index in [-0.39, 0.29) is 6.10 Å². The molecule has 3 rings (SSSR count). The fraction of sp³-hybridized carbons (Fsp3) is 0.611. The maximum Gasteiger partial charge on any atom is 0.119 e. The van der Waals surface area contributed by atoms with Crippen molar-refractivity contribution in [1.29, 1.82) is 5.26 Å². The van der Waals surface area contributed by atoms with E-state index in [1.807, 2.05) is 6.92 Å². The smallest absolute Gasteiger partial charge is 0.119 e. The zero-order valence-corrected chi connectivity index (χ0v) is 13.0. The van der Waals surface area contributed by atoms with Gasteiger partial charge in [0.1, 0.15) is 11.3 Å². The molecule has 1 N–H and O–H groups in total. The third-order valence-corrected chi connectivity index (χ3v) is 4.45. The van der Waals surface area contributed by atoms with E-state index in [2.05, 4.69) is 36.5 Å². The van der Waals surface area contributed by atoms with Crippen molar-refractivity contribution in [3.8, 4) is 11.8 Å². The van der Waals surface area contributed by atoms with Crippen LogP contribution in [0.4, 0.5) is 0 Å². The van der Waals surface area contributed by atoms with Crippen molar-refractivity contribution in [2.24, 2.45) is 0 Å². The Hall–Kier alpha value is -1.53. The lowest BCUT2D eigenvalue weighted by Crippen LogP contribution is -2.45. The zero-order chi connectivity index (χ0) is 14.9. The monoisotopic (exact) mass is 284 g/mol. The first-order valence-corrected chi connectivity index (χ1v) is 8.05. The van der Waals surface area contributed by atoms with Crippen molar-refractivity contribution >= 4 is 0 Å². The highest BCUT2D eigenvalue weighted by Gasteiger charge is 2.34. The Morgan fingerprint density at radius 1 is 1.38 bits per heavy atom. The van der Waals surface area contributed by atoms with Crippen molar-refractivity contribution in [3.05, 3.63) is 29.3 Å². The SMILES string of the molecule is CC(CC(C)(C#N)NC1CC1)Oc1ccc2c(c1)CCC2. The zero-order valence-electron chi connectivity index (χ0n) is 13.0. The Labute approximate surface area is 127 Å². The average molecular weight is 284 g/mol. The minimum absolute atomic E-state index is 0.0281. The number of nitriles is 1. The highest BCUT2D eigenvalue weighted by atomic mass is 16.5. The summed E-state index contributed by atoms with van der Waals surface area (Å²) in [6, 6.07) is 9.38. The number of ether oxygens (including phenoxy) is 1. The molecular weight excluding hydrogens is 260 g/mol. The van der Waals surface area contributed by atoms with Crippen LogP contribution in [-0.2, 0) is 12.8 Å².